The van der Waals surface area contributed by atoms with Gasteiger partial charge in [0.05, 0.1) is 6.42 Å². The minimum Gasteiger partial charge on any atom is -0.454 e. The fourth-order valence-corrected chi connectivity index (χ4v) is 2.86. The molecule has 0 unspecified atom stereocenters. The third-order valence-electron chi connectivity index (χ3n) is 3.80. The zero-order chi connectivity index (χ0) is 14.9. The van der Waals surface area contributed by atoms with E-state index in [9.17, 15) is 13.2 Å². The smallest absolute Gasteiger partial charge is 0.390 e. The average Bonchev–Trinajstić information content (AvgIpc) is 2.93. The van der Waals surface area contributed by atoms with Gasteiger partial charge in [-0.05, 0) is 6.07 Å². The van der Waals surface area contributed by atoms with E-state index in [0.29, 0.717) is 43.2 Å². The fourth-order valence-electron chi connectivity index (χ4n) is 2.86. The van der Waals surface area contributed by atoms with Gasteiger partial charge in [-0.1, -0.05) is 12.1 Å². The molecule has 9 heteroatoms. The Kier molecular flexibility index (Phi) is 7.26. The van der Waals surface area contributed by atoms with Crippen LogP contribution in [0.25, 0.3) is 0 Å². The topological polar surface area (TPSA) is 33.7 Å². The highest BCUT2D eigenvalue weighted by atomic mass is 35.5. The van der Waals surface area contributed by atoms with Crippen molar-refractivity contribution in [2.45, 2.75) is 18.6 Å². The number of hydrogen-bond donors (Lipinski definition) is 1. The molecule has 0 aliphatic carbocycles. The van der Waals surface area contributed by atoms with Crippen molar-refractivity contribution in [3.05, 3.63) is 23.8 Å². The molecule has 1 aromatic rings. The second-order valence-electron chi connectivity index (χ2n) is 5.20. The van der Waals surface area contributed by atoms with E-state index < -0.39 is 18.6 Å². The summed E-state index contributed by atoms with van der Waals surface area (Å²) in [6.07, 6.45) is -5.11. The second kappa shape index (κ2) is 8.28. The van der Waals surface area contributed by atoms with Crippen LogP contribution in [-0.4, -0.2) is 44.0 Å². The quantitative estimate of drug-likeness (QED) is 0.880. The van der Waals surface area contributed by atoms with E-state index in [-0.39, 0.29) is 31.6 Å². The van der Waals surface area contributed by atoms with Gasteiger partial charge >= 0.3 is 6.18 Å². The van der Waals surface area contributed by atoms with E-state index in [1.807, 2.05) is 4.90 Å². The predicted molar refractivity (Wildman–Crippen MR) is 84.9 cm³/mol. The predicted octanol–water partition coefficient (Wildman–Crippen LogP) is 3.16. The van der Waals surface area contributed by atoms with Crippen molar-refractivity contribution in [1.29, 1.82) is 0 Å². The van der Waals surface area contributed by atoms with Gasteiger partial charge in [0, 0.05) is 37.8 Å². The van der Waals surface area contributed by atoms with Crippen molar-refractivity contribution in [1.82, 2.24) is 10.2 Å². The van der Waals surface area contributed by atoms with Crippen LogP contribution >= 0.6 is 24.8 Å². The summed E-state index contributed by atoms with van der Waals surface area (Å²) in [5.74, 6) is 0.972. The standard InChI is InChI=1S/C14H17F3N2O2.2ClH/c15-14(16,17)8-11(19-6-4-18-5-7-19)10-2-1-3-12-13(10)21-9-20-12;;/h1-3,11,18H,4-9H2;2*1H/t11-;;/m1../s1. The van der Waals surface area contributed by atoms with E-state index in [1.54, 1.807) is 18.2 Å². The van der Waals surface area contributed by atoms with E-state index in [1.165, 1.54) is 0 Å². The number of alkyl halides is 3. The van der Waals surface area contributed by atoms with E-state index in [0.717, 1.165) is 0 Å². The third kappa shape index (κ3) is 4.79. The van der Waals surface area contributed by atoms with Crippen LogP contribution in [0.2, 0.25) is 0 Å². The van der Waals surface area contributed by atoms with Gasteiger partial charge < -0.3 is 14.8 Å². The van der Waals surface area contributed by atoms with Crippen molar-refractivity contribution in [3.63, 3.8) is 0 Å². The molecule has 2 heterocycles. The Labute approximate surface area is 145 Å². The lowest BCUT2D eigenvalue weighted by atomic mass is 9.99. The van der Waals surface area contributed by atoms with Crippen LogP contribution in [0.1, 0.15) is 18.0 Å². The SMILES string of the molecule is Cl.Cl.FC(F)(F)C[C@H](c1cccc2c1OCO2)N1CCNCC1. The first-order chi connectivity index (χ1) is 10.0. The molecule has 0 radical (unpaired) electrons. The molecule has 0 spiro atoms. The summed E-state index contributed by atoms with van der Waals surface area (Å²) in [4.78, 5) is 1.86. The first-order valence-corrected chi connectivity index (χ1v) is 6.94. The van der Waals surface area contributed by atoms with Crippen LogP contribution in [-0.2, 0) is 0 Å². The summed E-state index contributed by atoms with van der Waals surface area (Å²) in [5, 5.41) is 3.16. The fraction of sp³-hybridized carbons (Fsp3) is 0.571. The maximum Gasteiger partial charge on any atom is 0.390 e. The molecule has 1 aromatic carbocycles. The molecule has 2 aliphatic rings. The lowest BCUT2D eigenvalue weighted by Crippen LogP contribution is -2.46. The summed E-state index contributed by atoms with van der Waals surface area (Å²) < 4.78 is 49.6. The largest absolute Gasteiger partial charge is 0.454 e. The highest BCUT2D eigenvalue weighted by Gasteiger charge is 2.38. The van der Waals surface area contributed by atoms with Crippen molar-refractivity contribution in [2.24, 2.45) is 0 Å². The van der Waals surface area contributed by atoms with Gasteiger partial charge in [-0.2, -0.15) is 13.2 Å². The molecule has 1 saturated heterocycles. The first kappa shape index (κ1) is 20.2. The number of hydrogen-bond acceptors (Lipinski definition) is 4. The van der Waals surface area contributed by atoms with Gasteiger partial charge in [0.1, 0.15) is 0 Å². The third-order valence-corrected chi connectivity index (χ3v) is 3.80. The summed E-state index contributed by atoms with van der Waals surface area (Å²) in [7, 11) is 0. The maximum atomic E-state index is 13.0. The Morgan fingerprint density at radius 2 is 1.83 bits per heavy atom. The van der Waals surface area contributed by atoms with Crippen LogP contribution < -0.4 is 14.8 Å². The molecule has 1 fully saturated rings. The summed E-state index contributed by atoms with van der Waals surface area (Å²) in [6.45, 7) is 2.63. The Morgan fingerprint density at radius 1 is 1.13 bits per heavy atom. The van der Waals surface area contributed by atoms with Gasteiger partial charge in [-0.3, -0.25) is 4.90 Å². The highest BCUT2D eigenvalue weighted by molar-refractivity contribution is 5.85. The lowest BCUT2D eigenvalue weighted by molar-refractivity contribution is -0.148. The molecule has 132 valence electrons. The van der Waals surface area contributed by atoms with E-state index in [4.69, 9.17) is 9.47 Å². The Morgan fingerprint density at radius 3 is 2.48 bits per heavy atom. The van der Waals surface area contributed by atoms with Gasteiger partial charge in [-0.15, -0.1) is 24.8 Å². The van der Waals surface area contributed by atoms with Crippen LogP contribution in [0.4, 0.5) is 13.2 Å². The van der Waals surface area contributed by atoms with Crippen molar-refractivity contribution >= 4 is 24.8 Å². The second-order valence-corrected chi connectivity index (χ2v) is 5.20. The van der Waals surface area contributed by atoms with Crippen molar-refractivity contribution in [2.75, 3.05) is 33.0 Å². The molecule has 0 saturated carbocycles. The molecular weight excluding hydrogens is 356 g/mol. The Hall–Kier alpha value is -0.890. The summed E-state index contributed by atoms with van der Waals surface area (Å²) in [5.41, 5.74) is 0.559. The number of nitrogens with one attached hydrogen (secondary N) is 1. The normalized spacial score (nSPS) is 18.7. The monoisotopic (exact) mass is 374 g/mol. The number of para-hydroxylation sites is 1. The molecule has 1 atom stereocenters. The maximum absolute atomic E-state index is 13.0. The van der Waals surface area contributed by atoms with Crippen LogP contribution in [0.3, 0.4) is 0 Å². The molecule has 4 nitrogen and oxygen atoms in total. The molecular formula is C14H19Cl2F3N2O2. The number of ether oxygens (including phenoxy) is 2. The first-order valence-electron chi connectivity index (χ1n) is 6.94. The molecule has 2 aliphatic heterocycles. The van der Waals surface area contributed by atoms with Crippen LogP contribution in [0.15, 0.2) is 18.2 Å². The Balaban J connectivity index is 0.00000132. The Bertz CT molecular complexity index is 511. The highest BCUT2D eigenvalue weighted by Crippen LogP contribution is 2.43. The molecule has 1 N–H and O–H groups in total. The molecule has 0 bridgehead atoms. The molecule has 0 aromatic heterocycles. The zero-order valence-electron chi connectivity index (χ0n) is 12.3. The van der Waals surface area contributed by atoms with Crippen LogP contribution in [0.5, 0.6) is 11.5 Å². The van der Waals surface area contributed by atoms with Crippen molar-refractivity contribution in [3.8, 4) is 11.5 Å². The van der Waals surface area contributed by atoms with Crippen molar-refractivity contribution < 1.29 is 22.6 Å². The van der Waals surface area contributed by atoms with E-state index >= 15 is 0 Å². The van der Waals surface area contributed by atoms with Gasteiger partial charge in [0.15, 0.2) is 11.5 Å². The number of piperazine rings is 1. The minimum atomic E-state index is -4.22. The van der Waals surface area contributed by atoms with Crippen LogP contribution in [0, 0.1) is 0 Å². The molecule has 23 heavy (non-hydrogen) atoms. The molecule has 3 rings (SSSR count). The number of nitrogens with zero attached hydrogens (tertiary/aromatic N) is 1. The van der Waals surface area contributed by atoms with Gasteiger partial charge in [-0.25, -0.2) is 0 Å². The van der Waals surface area contributed by atoms with Gasteiger partial charge in [0.25, 0.3) is 0 Å². The number of fused-ring (bicyclic) bond motifs is 1. The number of halogens is 5. The summed E-state index contributed by atoms with van der Waals surface area (Å²) in [6, 6.07) is 4.40. The minimum absolute atomic E-state index is 0. The number of benzene rings is 1. The van der Waals surface area contributed by atoms with Gasteiger partial charge in [0.2, 0.25) is 6.79 Å². The van der Waals surface area contributed by atoms with E-state index in [2.05, 4.69) is 5.32 Å². The zero-order valence-corrected chi connectivity index (χ0v) is 13.9. The summed E-state index contributed by atoms with van der Waals surface area (Å²) >= 11 is 0. The lowest BCUT2D eigenvalue weighted by Gasteiger charge is -2.36. The number of rotatable bonds is 3. The average molecular weight is 375 g/mol. The molecule has 0 amide bonds.